The number of hydrogen-bond donors (Lipinski definition) is 0. The van der Waals surface area contributed by atoms with Crippen molar-refractivity contribution in [3.63, 3.8) is 0 Å². The highest BCUT2D eigenvalue weighted by Gasteiger charge is 2.42. The Morgan fingerprint density at radius 1 is 1.07 bits per heavy atom. The lowest BCUT2D eigenvalue weighted by molar-refractivity contribution is -0.138. The Hall–Kier alpha value is -2.08. The van der Waals surface area contributed by atoms with Crippen LogP contribution in [0.3, 0.4) is 0 Å². The molecule has 0 N–H and O–H groups in total. The Balaban J connectivity index is 1.84. The van der Waals surface area contributed by atoms with E-state index in [0.29, 0.717) is 13.1 Å². The smallest absolute Gasteiger partial charge is 0.228 e. The predicted octanol–water partition coefficient (Wildman–Crippen LogP) is 1.67. The van der Waals surface area contributed by atoms with Gasteiger partial charge in [-0.15, -0.1) is 0 Å². The number of likely N-dealkylation sites (N-methyl/N-ethyl adjacent to an activating group) is 1. The molecule has 1 aromatic carbocycles. The van der Waals surface area contributed by atoms with Gasteiger partial charge in [-0.25, -0.2) is 0 Å². The van der Waals surface area contributed by atoms with Crippen LogP contribution >= 0.6 is 0 Å². The molecule has 6 nitrogen and oxygen atoms in total. The summed E-state index contributed by atoms with van der Waals surface area (Å²) in [5.41, 5.74) is 1.07. The molecule has 27 heavy (non-hydrogen) atoms. The number of nitrogens with zero attached hydrogens (tertiary/aromatic N) is 3. The van der Waals surface area contributed by atoms with Crippen LogP contribution in [0.1, 0.15) is 25.3 Å². The van der Waals surface area contributed by atoms with Gasteiger partial charge < -0.3 is 19.4 Å². The normalized spacial score (nSPS) is 23.7. The molecular formula is C21H31N3O3. The number of amides is 2. The summed E-state index contributed by atoms with van der Waals surface area (Å²) in [6.07, 6.45) is 0. The molecule has 2 atom stereocenters. The van der Waals surface area contributed by atoms with E-state index < -0.39 is 0 Å². The summed E-state index contributed by atoms with van der Waals surface area (Å²) < 4.78 is 5.37. The molecular weight excluding hydrogens is 342 g/mol. The van der Waals surface area contributed by atoms with E-state index in [-0.39, 0.29) is 29.6 Å². The molecule has 2 fully saturated rings. The number of rotatable bonds is 4. The number of likely N-dealkylation sites (tertiary alicyclic amines) is 1. The van der Waals surface area contributed by atoms with E-state index in [1.807, 2.05) is 47.9 Å². The van der Waals surface area contributed by atoms with Gasteiger partial charge in [-0.3, -0.25) is 9.59 Å². The number of ether oxygens (including phenoxy) is 1. The van der Waals surface area contributed by atoms with Crippen molar-refractivity contribution in [1.82, 2.24) is 14.7 Å². The van der Waals surface area contributed by atoms with Gasteiger partial charge in [-0.1, -0.05) is 26.0 Å². The Labute approximate surface area is 162 Å². The lowest BCUT2D eigenvalue weighted by atomic mass is 9.87. The maximum absolute atomic E-state index is 13.3. The molecule has 0 unspecified atom stereocenters. The van der Waals surface area contributed by atoms with Crippen molar-refractivity contribution >= 4 is 11.8 Å². The molecule has 148 valence electrons. The minimum atomic E-state index is -0.191. The van der Waals surface area contributed by atoms with Gasteiger partial charge in [0, 0.05) is 51.1 Å². The molecule has 6 heteroatoms. The van der Waals surface area contributed by atoms with Crippen molar-refractivity contribution in [2.24, 2.45) is 11.8 Å². The van der Waals surface area contributed by atoms with Gasteiger partial charge in [0.2, 0.25) is 11.8 Å². The number of piperazine rings is 1. The fraction of sp³-hybridized carbons (Fsp3) is 0.619. The first-order valence-corrected chi connectivity index (χ1v) is 9.80. The fourth-order valence-electron chi connectivity index (χ4n) is 4.07. The zero-order valence-electron chi connectivity index (χ0n) is 16.9. The van der Waals surface area contributed by atoms with Crippen LogP contribution < -0.4 is 4.74 Å². The van der Waals surface area contributed by atoms with Gasteiger partial charge in [0.05, 0.1) is 13.0 Å². The highest BCUT2D eigenvalue weighted by molar-refractivity contribution is 5.84. The van der Waals surface area contributed by atoms with Crippen LogP contribution in [0, 0.1) is 11.8 Å². The molecule has 2 aliphatic heterocycles. The van der Waals surface area contributed by atoms with E-state index in [1.165, 1.54) is 0 Å². The largest absolute Gasteiger partial charge is 0.497 e. The number of carbonyl (C=O) groups is 2. The molecule has 1 aromatic rings. The van der Waals surface area contributed by atoms with Crippen LogP contribution in [-0.2, 0) is 9.59 Å². The van der Waals surface area contributed by atoms with Crippen LogP contribution in [0.15, 0.2) is 24.3 Å². The molecule has 3 rings (SSSR count). The van der Waals surface area contributed by atoms with Gasteiger partial charge in [0.15, 0.2) is 0 Å². The van der Waals surface area contributed by atoms with Gasteiger partial charge in [-0.2, -0.15) is 0 Å². The summed E-state index contributed by atoms with van der Waals surface area (Å²) >= 11 is 0. The van der Waals surface area contributed by atoms with Crippen LogP contribution in [0.4, 0.5) is 0 Å². The van der Waals surface area contributed by atoms with E-state index in [0.717, 1.165) is 37.5 Å². The molecule has 2 aliphatic rings. The van der Waals surface area contributed by atoms with Crippen LogP contribution in [0.2, 0.25) is 0 Å². The fourth-order valence-corrected chi connectivity index (χ4v) is 4.07. The quantitative estimate of drug-likeness (QED) is 0.806. The lowest BCUT2D eigenvalue weighted by Crippen LogP contribution is -2.50. The summed E-state index contributed by atoms with van der Waals surface area (Å²) in [5, 5.41) is 0. The molecule has 0 aliphatic carbocycles. The van der Waals surface area contributed by atoms with Crippen molar-refractivity contribution in [2.45, 2.75) is 19.8 Å². The second-order valence-electron chi connectivity index (χ2n) is 8.02. The maximum Gasteiger partial charge on any atom is 0.228 e. The van der Waals surface area contributed by atoms with Crippen molar-refractivity contribution in [3.8, 4) is 5.75 Å². The monoisotopic (exact) mass is 373 g/mol. The summed E-state index contributed by atoms with van der Waals surface area (Å²) in [5.74, 6) is 0.838. The van der Waals surface area contributed by atoms with Gasteiger partial charge in [0.1, 0.15) is 5.75 Å². The van der Waals surface area contributed by atoms with Crippen LogP contribution in [-0.4, -0.2) is 79.9 Å². The Morgan fingerprint density at radius 2 is 1.78 bits per heavy atom. The Morgan fingerprint density at radius 3 is 2.41 bits per heavy atom. The van der Waals surface area contributed by atoms with Gasteiger partial charge in [0.25, 0.3) is 0 Å². The van der Waals surface area contributed by atoms with E-state index >= 15 is 0 Å². The van der Waals surface area contributed by atoms with Crippen LogP contribution in [0.5, 0.6) is 5.75 Å². The van der Waals surface area contributed by atoms with E-state index in [2.05, 4.69) is 11.9 Å². The van der Waals surface area contributed by atoms with Crippen LogP contribution in [0.25, 0.3) is 0 Å². The van der Waals surface area contributed by atoms with Crippen molar-refractivity contribution < 1.29 is 14.3 Å². The predicted molar refractivity (Wildman–Crippen MR) is 105 cm³/mol. The molecule has 0 radical (unpaired) electrons. The standard InChI is InChI=1S/C21H31N3O3/c1-15(2)20(25)24-13-18(16-6-5-7-17(12-16)27-4)19(14-24)21(26)23-10-8-22(3)9-11-23/h5-7,12,15,18-19H,8-11,13-14H2,1-4H3/t18-,19-/m1/s1. The molecule has 0 spiro atoms. The summed E-state index contributed by atoms with van der Waals surface area (Å²) in [4.78, 5) is 32.0. The lowest BCUT2D eigenvalue weighted by Gasteiger charge is -2.35. The first-order valence-electron chi connectivity index (χ1n) is 9.80. The summed E-state index contributed by atoms with van der Waals surface area (Å²) in [6, 6.07) is 7.91. The molecule has 0 aromatic heterocycles. The third kappa shape index (κ3) is 4.26. The molecule has 2 amide bonds. The molecule has 0 bridgehead atoms. The first-order chi connectivity index (χ1) is 12.9. The number of methoxy groups -OCH3 is 1. The minimum Gasteiger partial charge on any atom is -0.497 e. The highest BCUT2D eigenvalue weighted by Crippen LogP contribution is 2.36. The second-order valence-corrected chi connectivity index (χ2v) is 8.02. The molecule has 2 heterocycles. The Bertz CT molecular complexity index is 683. The first kappa shape index (κ1) is 19.7. The maximum atomic E-state index is 13.3. The number of benzene rings is 1. The van der Waals surface area contributed by atoms with E-state index in [1.54, 1.807) is 7.11 Å². The van der Waals surface area contributed by atoms with Gasteiger partial charge in [-0.05, 0) is 24.7 Å². The minimum absolute atomic E-state index is 0.00922. The van der Waals surface area contributed by atoms with Crippen molar-refractivity contribution in [2.75, 3.05) is 53.4 Å². The average Bonchev–Trinajstić information content (AvgIpc) is 3.12. The van der Waals surface area contributed by atoms with E-state index in [4.69, 9.17) is 4.74 Å². The second kappa shape index (κ2) is 8.30. The average molecular weight is 373 g/mol. The highest BCUT2D eigenvalue weighted by atomic mass is 16.5. The number of hydrogen-bond acceptors (Lipinski definition) is 4. The molecule has 2 saturated heterocycles. The zero-order chi connectivity index (χ0) is 19.6. The Kier molecular flexibility index (Phi) is 6.05. The third-order valence-electron chi connectivity index (χ3n) is 5.78. The van der Waals surface area contributed by atoms with Gasteiger partial charge >= 0.3 is 0 Å². The SMILES string of the molecule is COc1cccc([C@H]2CN(C(=O)C(C)C)C[C@H]2C(=O)N2CCN(C)CC2)c1. The summed E-state index contributed by atoms with van der Waals surface area (Å²) in [7, 11) is 3.73. The van der Waals surface area contributed by atoms with E-state index in [9.17, 15) is 9.59 Å². The molecule has 0 saturated carbocycles. The number of carbonyl (C=O) groups excluding carboxylic acids is 2. The topological polar surface area (TPSA) is 53.1 Å². The zero-order valence-corrected chi connectivity index (χ0v) is 16.9. The summed E-state index contributed by atoms with van der Waals surface area (Å²) in [6.45, 7) is 8.24. The van der Waals surface area contributed by atoms with Crippen molar-refractivity contribution in [3.05, 3.63) is 29.8 Å². The third-order valence-corrected chi connectivity index (χ3v) is 5.78. The van der Waals surface area contributed by atoms with Crippen molar-refractivity contribution in [1.29, 1.82) is 0 Å².